The number of nitrogens with zero attached hydrogens (tertiary/aromatic N) is 1. The standard InChI is InChI=1S/C26H35F2N5O3/c1-16(34)32-22(10-17-8-20(27)12-21(28)9-17)23(35)13-31-26(14-29-24(33-36)30-15-26)19-7-5-6-18(11-19)25(2,3)4/h5-9,11-12,22-23,31,35-36H,10,13-15H2,1-4H3,(H,32,34)(H2,29,30,33). The van der Waals surface area contributed by atoms with Gasteiger partial charge in [-0.05, 0) is 40.7 Å². The largest absolute Gasteiger partial charge is 0.390 e. The molecule has 8 nitrogen and oxygen atoms in total. The number of nitrogens with one attached hydrogen (secondary N) is 4. The number of halogens is 2. The molecule has 10 heteroatoms. The number of hydrogen-bond acceptors (Lipinski definition) is 7. The van der Waals surface area contributed by atoms with Gasteiger partial charge in [-0.3, -0.25) is 10.0 Å². The third-order valence-electron chi connectivity index (χ3n) is 6.33. The SMILES string of the molecule is CC(=O)NC(Cc1cc(F)cc(F)c1)C(O)CNC1(c2cccc(C(C)(C)C)c2)CN=C(NO)NC1. The number of carbonyl (C=O) groups is 1. The summed E-state index contributed by atoms with van der Waals surface area (Å²) in [6.45, 7) is 8.36. The van der Waals surface area contributed by atoms with Gasteiger partial charge in [0.25, 0.3) is 0 Å². The number of aliphatic imine (C=N–C) groups is 1. The van der Waals surface area contributed by atoms with Gasteiger partial charge in [-0.15, -0.1) is 0 Å². The quantitative estimate of drug-likeness (QED) is 0.307. The van der Waals surface area contributed by atoms with E-state index in [1.165, 1.54) is 19.1 Å². The third-order valence-corrected chi connectivity index (χ3v) is 6.33. The molecule has 6 N–H and O–H groups in total. The first kappa shape index (κ1) is 27.5. The summed E-state index contributed by atoms with van der Waals surface area (Å²) in [6, 6.07) is 10.4. The van der Waals surface area contributed by atoms with E-state index in [9.17, 15) is 23.9 Å². The first-order valence-corrected chi connectivity index (χ1v) is 11.9. The number of benzene rings is 2. The van der Waals surface area contributed by atoms with Gasteiger partial charge >= 0.3 is 0 Å². The fourth-order valence-corrected chi connectivity index (χ4v) is 4.30. The van der Waals surface area contributed by atoms with Crippen LogP contribution < -0.4 is 21.4 Å². The van der Waals surface area contributed by atoms with Crippen LogP contribution >= 0.6 is 0 Å². The molecular weight excluding hydrogens is 468 g/mol. The van der Waals surface area contributed by atoms with Crippen LogP contribution in [0.25, 0.3) is 0 Å². The molecule has 2 aromatic carbocycles. The van der Waals surface area contributed by atoms with Gasteiger partial charge in [0.2, 0.25) is 11.9 Å². The Kier molecular flexibility index (Phi) is 8.65. The summed E-state index contributed by atoms with van der Waals surface area (Å²) in [4.78, 5) is 16.2. The lowest BCUT2D eigenvalue weighted by atomic mass is 9.81. The van der Waals surface area contributed by atoms with E-state index in [2.05, 4.69) is 53.8 Å². The van der Waals surface area contributed by atoms with Crippen molar-refractivity contribution in [2.45, 2.75) is 57.2 Å². The van der Waals surface area contributed by atoms with Crippen molar-refractivity contribution in [3.63, 3.8) is 0 Å². The van der Waals surface area contributed by atoms with Crippen LogP contribution in [0.3, 0.4) is 0 Å². The lowest BCUT2D eigenvalue weighted by Crippen LogP contribution is -2.60. The molecule has 1 aliphatic rings. The van der Waals surface area contributed by atoms with Gasteiger partial charge < -0.3 is 21.1 Å². The predicted octanol–water partition coefficient (Wildman–Crippen LogP) is 2.09. The molecule has 196 valence electrons. The zero-order valence-corrected chi connectivity index (χ0v) is 21.0. The molecule has 0 saturated heterocycles. The summed E-state index contributed by atoms with van der Waals surface area (Å²) in [5, 5.41) is 29.4. The van der Waals surface area contributed by atoms with Crippen LogP contribution in [0.2, 0.25) is 0 Å². The molecule has 0 bridgehead atoms. The highest BCUT2D eigenvalue weighted by molar-refractivity contribution is 5.79. The first-order chi connectivity index (χ1) is 16.9. The Hall–Kier alpha value is -3.08. The van der Waals surface area contributed by atoms with Crippen LogP contribution in [-0.4, -0.2) is 54.0 Å². The van der Waals surface area contributed by atoms with Crippen molar-refractivity contribution >= 4 is 11.9 Å². The van der Waals surface area contributed by atoms with E-state index in [1.54, 1.807) is 0 Å². The van der Waals surface area contributed by atoms with E-state index in [1.807, 2.05) is 17.6 Å². The maximum atomic E-state index is 13.7. The molecule has 0 fully saturated rings. The van der Waals surface area contributed by atoms with Crippen LogP contribution in [0.15, 0.2) is 47.5 Å². The van der Waals surface area contributed by atoms with Gasteiger partial charge in [0.1, 0.15) is 11.6 Å². The van der Waals surface area contributed by atoms with Crippen LogP contribution in [-0.2, 0) is 22.2 Å². The topological polar surface area (TPSA) is 118 Å². The molecule has 0 aromatic heterocycles. The molecule has 0 saturated carbocycles. The molecule has 1 amide bonds. The van der Waals surface area contributed by atoms with Gasteiger partial charge in [0, 0.05) is 26.1 Å². The minimum absolute atomic E-state index is 0.0403. The van der Waals surface area contributed by atoms with Crippen LogP contribution in [0.1, 0.15) is 44.4 Å². The highest BCUT2D eigenvalue weighted by atomic mass is 19.1. The molecule has 36 heavy (non-hydrogen) atoms. The number of amides is 1. The van der Waals surface area contributed by atoms with Gasteiger partial charge in [0.15, 0.2) is 0 Å². The smallest absolute Gasteiger partial charge is 0.217 e. The molecule has 2 aromatic rings. The molecule has 3 atom stereocenters. The average Bonchev–Trinajstić information content (AvgIpc) is 2.81. The molecule has 1 heterocycles. The summed E-state index contributed by atoms with van der Waals surface area (Å²) >= 11 is 0. The van der Waals surface area contributed by atoms with Gasteiger partial charge in [0.05, 0.1) is 24.2 Å². The van der Waals surface area contributed by atoms with Crippen molar-refractivity contribution in [2.75, 3.05) is 19.6 Å². The Morgan fingerprint density at radius 1 is 1.19 bits per heavy atom. The highest BCUT2D eigenvalue weighted by Gasteiger charge is 2.37. The summed E-state index contributed by atoms with van der Waals surface area (Å²) < 4.78 is 27.4. The summed E-state index contributed by atoms with van der Waals surface area (Å²) in [5.41, 5.74) is 3.60. The molecule has 0 aliphatic carbocycles. The normalized spacial score (nSPS) is 19.6. The Morgan fingerprint density at radius 2 is 1.89 bits per heavy atom. The van der Waals surface area contributed by atoms with Gasteiger partial charge in [-0.1, -0.05) is 45.0 Å². The fraction of sp³-hybridized carbons (Fsp3) is 0.462. The second-order valence-corrected chi connectivity index (χ2v) is 10.3. The van der Waals surface area contributed by atoms with Gasteiger partial charge in [-0.25, -0.2) is 19.3 Å². The Labute approximate surface area is 210 Å². The second kappa shape index (κ2) is 11.3. The molecule has 3 rings (SSSR count). The molecule has 0 spiro atoms. The van der Waals surface area contributed by atoms with Gasteiger partial charge in [-0.2, -0.15) is 0 Å². The first-order valence-electron chi connectivity index (χ1n) is 11.9. The monoisotopic (exact) mass is 503 g/mol. The third kappa shape index (κ3) is 6.99. The lowest BCUT2D eigenvalue weighted by Gasteiger charge is -2.39. The zero-order valence-electron chi connectivity index (χ0n) is 21.0. The fourth-order valence-electron chi connectivity index (χ4n) is 4.30. The van der Waals surface area contributed by atoms with Crippen LogP contribution in [0.5, 0.6) is 0 Å². The maximum Gasteiger partial charge on any atom is 0.217 e. The summed E-state index contributed by atoms with van der Waals surface area (Å²) in [7, 11) is 0. The van der Waals surface area contributed by atoms with E-state index in [4.69, 9.17) is 0 Å². The minimum Gasteiger partial charge on any atom is -0.390 e. The van der Waals surface area contributed by atoms with Crippen molar-refractivity contribution in [3.05, 3.63) is 70.8 Å². The number of guanidine groups is 1. The van der Waals surface area contributed by atoms with Crippen molar-refractivity contribution in [1.82, 2.24) is 21.4 Å². The number of hydroxylamine groups is 1. The van der Waals surface area contributed by atoms with E-state index in [-0.39, 0.29) is 36.8 Å². The Bertz CT molecular complexity index is 1080. The van der Waals surface area contributed by atoms with E-state index in [0.29, 0.717) is 12.1 Å². The van der Waals surface area contributed by atoms with Crippen molar-refractivity contribution in [1.29, 1.82) is 0 Å². The predicted molar refractivity (Wildman–Crippen MR) is 134 cm³/mol. The average molecular weight is 504 g/mol. The number of aliphatic hydroxyl groups excluding tert-OH is 1. The maximum absolute atomic E-state index is 13.7. The number of hydrogen-bond donors (Lipinski definition) is 6. The number of rotatable bonds is 8. The van der Waals surface area contributed by atoms with Crippen LogP contribution in [0, 0.1) is 11.6 Å². The summed E-state index contributed by atoms with van der Waals surface area (Å²) in [5.74, 6) is -1.58. The zero-order chi connectivity index (χ0) is 26.5. The number of aliphatic hydroxyl groups is 1. The summed E-state index contributed by atoms with van der Waals surface area (Å²) in [6.07, 6.45) is -1.04. The molecule has 0 radical (unpaired) electrons. The van der Waals surface area contributed by atoms with Crippen molar-refractivity contribution < 1.29 is 23.9 Å². The van der Waals surface area contributed by atoms with E-state index in [0.717, 1.165) is 17.2 Å². The van der Waals surface area contributed by atoms with E-state index < -0.39 is 29.3 Å². The molecular formula is C26H35F2N5O3. The minimum atomic E-state index is -1.08. The van der Waals surface area contributed by atoms with Crippen molar-refractivity contribution in [3.8, 4) is 0 Å². The van der Waals surface area contributed by atoms with Crippen molar-refractivity contribution in [2.24, 2.45) is 4.99 Å². The van der Waals surface area contributed by atoms with E-state index >= 15 is 0 Å². The molecule has 1 aliphatic heterocycles. The second-order valence-electron chi connectivity index (χ2n) is 10.3. The molecule has 3 unspecified atom stereocenters. The Morgan fingerprint density at radius 3 is 2.44 bits per heavy atom. The Balaban J connectivity index is 1.85. The number of carbonyl (C=O) groups excluding carboxylic acids is 1. The highest BCUT2D eigenvalue weighted by Crippen LogP contribution is 2.29. The lowest BCUT2D eigenvalue weighted by molar-refractivity contribution is -0.120. The van der Waals surface area contributed by atoms with Crippen LogP contribution in [0.4, 0.5) is 8.78 Å².